The molecule has 3 aliphatic rings. The minimum atomic E-state index is -0.537. The number of carbonyl (C=O) groups excluding carboxylic acids is 3. The van der Waals surface area contributed by atoms with Gasteiger partial charge in [0.1, 0.15) is 5.75 Å². The van der Waals surface area contributed by atoms with Crippen molar-refractivity contribution in [1.29, 1.82) is 0 Å². The van der Waals surface area contributed by atoms with E-state index in [0.717, 1.165) is 6.42 Å². The first kappa shape index (κ1) is 14.9. The maximum atomic E-state index is 12.8. The number of allylic oxidation sites excluding steroid dienone is 2. The van der Waals surface area contributed by atoms with Crippen LogP contribution in [0.3, 0.4) is 0 Å². The summed E-state index contributed by atoms with van der Waals surface area (Å²) in [5.41, 5.74) is 0.733. The van der Waals surface area contributed by atoms with Gasteiger partial charge in [-0.2, -0.15) is 0 Å². The summed E-state index contributed by atoms with van der Waals surface area (Å²) in [4.78, 5) is 38.5. The highest BCUT2D eigenvalue weighted by Crippen LogP contribution is 2.53. The lowest BCUT2D eigenvalue weighted by atomic mass is 9.85. The molecule has 122 valence electrons. The number of rotatable bonds is 3. The molecule has 1 aliphatic heterocycles. The van der Waals surface area contributed by atoms with Gasteiger partial charge >= 0.3 is 5.97 Å². The topological polar surface area (TPSA) is 63.7 Å². The van der Waals surface area contributed by atoms with Gasteiger partial charge < -0.3 is 4.74 Å². The highest BCUT2D eigenvalue weighted by atomic mass is 16.5. The summed E-state index contributed by atoms with van der Waals surface area (Å²) in [6, 6.07) is 6.51. The van der Waals surface area contributed by atoms with E-state index in [-0.39, 0.29) is 41.1 Å². The van der Waals surface area contributed by atoms with Gasteiger partial charge in [-0.05, 0) is 37.3 Å². The monoisotopic (exact) mass is 323 g/mol. The summed E-state index contributed by atoms with van der Waals surface area (Å²) < 4.78 is 5.20. The van der Waals surface area contributed by atoms with Gasteiger partial charge in [-0.15, -0.1) is 0 Å². The third-order valence-electron chi connectivity index (χ3n) is 5.11. The fourth-order valence-electron chi connectivity index (χ4n) is 4.04. The Kier molecular flexibility index (Phi) is 3.20. The number of benzene rings is 1. The van der Waals surface area contributed by atoms with Crippen molar-refractivity contribution in [3.63, 3.8) is 0 Å². The average Bonchev–Trinajstić information content (AvgIpc) is 3.21. The zero-order valence-electron chi connectivity index (χ0n) is 13.3. The third-order valence-corrected chi connectivity index (χ3v) is 5.11. The van der Waals surface area contributed by atoms with Gasteiger partial charge in [0.05, 0.1) is 17.5 Å². The minimum Gasteiger partial charge on any atom is -0.423 e. The summed E-state index contributed by atoms with van der Waals surface area (Å²) in [6.45, 7) is 5.10. The molecule has 5 heteroatoms. The van der Waals surface area contributed by atoms with Crippen LogP contribution in [0.2, 0.25) is 0 Å². The van der Waals surface area contributed by atoms with Crippen LogP contribution < -0.4 is 9.64 Å². The molecular weight excluding hydrogens is 306 g/mol. The Bertz CT molecular complexity index is 779. The first-order valence-electron chi connectivity index (χ1n) is 8.01. The van der Waals surface area contributed by atoms with Gasteiger partial charge in [-0.1, -0.05) is 24.8 Å². The number of anilines is 1. The van der Waals surface area contributed by atoms with E-state index in [1.54, 1.807) is 31.2 Å². The molecule has 0 radical (unpaired) electrons. The molecule has 1 aromatic rings. The van der Waals surface area contributed by atoms with Crippen molar-refractivity contribution in [2.45, 2.75) is 13.3 Å². The van der Waals surface area contributed by atoms with Gasteiger partial charge in [0, 0.05) is 11.6 Å². The van der Waals surface area contributed by atoms with Crippen molar-refractivity contribution in [2.75, 3.05) is 4.90 Å². The molecule has 1 heterocycles. The van der Waals surface area contributed by atoms with Crippen molar-refractivity contribution in [2.24, 2.45) is 23.7 Å². The van der Waals surface area contributed by atoms with E-state index in [1.165, 1.54) is 4.90 Å². The van der Waals surface area contributed by atoms with Crippen LogP contribution in [-0.4, -0.2) is 17.8 Å². The number of imide groups is 1. The Morgan fingerprint density at radius 2 is 1.79 bits per heavy atom. The smallest absolute Gasteiger partial charge is 0.338 e. The normalized spacial score (nSPS) is 30.0. The molecule has 2 aliphatic carbocycles. The van der Waals surface area contributed by atoms with E-state index in [4.69, 9.17) is 4.74 Å². The molecule has 2 fully saturated rings. The first-order chi connectivity index (χ1) is 11.5. The van der Waals surface area contributed by atoms with Crippen LogP contribution in [0.25, 0.3) is 0 Å². The lowest BCUT2D eigenvalue weighted by Crippen LogP contribution is -2.32. The van der Waals surface area contributed by atoms with Crippen molar-refractivity contribution >= 4 is 23.5 Å². The lowest BCUT2D eigenvalue weighted by molar-refractivity contribution is -0.130. The van der Waals surface area contributed by atoms with Crippen molar-refractivity contribution in [3.8, 4) is 5.75 Å². The first-order valence-corrected chi connectivity index (χ1v) is 8.01. The van der Waals surface area contributed by atoms with Crippen LogP contribution >= 0.6 is 0 Å². The molecule has 0 N–H and O–H groups in total. The SMILES string of the molecule is C=C(C)C(=O)Oc1cccc(N2C(=O)[C@@H]3[C@@H](C2=O)[C@@H]2C=C[C@@H]3C2)c1. The van der Waals surface area contributed by atoms with Crippen molar-refractivity contribution in [3.05, 3.63) is 48.6 Å². The molecule has 1 aromatic carbocycles. The molecular formula is C19H17NO4. The van der Waals surface area contributed by atoms with Gasteiger partial charge in [0.2, 0.25) is 11.8 Å². The highest BCUT2D eigenvalue weighted by Gasteiger charge is 2.59. The van der Waals surface area contributed by atoms with E-state index < -0.39 is 5.97 Å². The molecule has 1 saturated carbocycles. The maximum absolute atomic E-state index is 12.8. The summed E-state index contributed by atoms with van der Waals surface area (Å²) in [6.07, 6.45) is 5.02. The number of hydrogen-bond acceptors (Lipinski definition) is 4. The van der Waals surface area contributed by atoms with Crippen LogP contribution in [0.4, 0.5) is 5.69 Å². The van der Waals surface area contributed by atoms with Crippen LogP contribution in [0.15, 0.2) is 48.6 Å². The molecule has 0 unspecified atom stereocenters. The lowest BCUT2D eigenvalue weighted by Gasteiger charge is -2.18. The van der Waals surface area contributed by atoms with Gasteiger partial charge in [-0.25, -0.2) is 9.69 Å². The molecule has 24 heavy (non-hydrogen) atoms. The number of fused-ring (bicyclic) bond motifs is 5. The number of nitrogens with zero attached hydrogens (tertiary/aromatic N) is 1. The predicted octanol–water partition coefficient (Wildman–Crippen LogP) is 2.48. The van der Waals surface area contributed by atoms with Crippen LogP contribution in [0.1, 0.15) is 13.3 Å². The number of hydrogen-bond donors (Lipinski definition) is 0. The van der Waals surface area contributed by atoms with E-state index >= 15 is 0 Å². The fraction of sp³-hybridized carbons (Fsp3) is 0.316. The summed E-state index contributed by atoms with van der Waals surface area (Å²) in [7, 11) is 0. The molecule has 4 rings (SSSR count). The van der Waals surface area contributed by atoms with Crippen LogP contribution in [0.5, 0.6) is 5.75 Å². The predicted molar refractivity (Wildman–Crippen MR) is 87.1 cm³/mol. The fourth-order valence-corrected chi connectivity index (χ4v) is 4.04. The average molecular weight is 323 g/mol. The Morgan fingerprint density at radius 3 is 2.38 bits per heavy atom. The van der Waals surface area contributed by atoms with E-state index in [2.05, 4.69) is 18.7 Å². The van der Waals surface area contributed by atoms with E-state index in [9.17, 15) is 14.4 Å². The molecule has 2 amide bonds. The second-order valence-electron chi connectivity index (χ2n) is 6.68. The van der Waals surface area contributed by atoms with E-state index in [0.29, 0.717) is 11.4 Å². The number of carbonyl (C=O) groups is 3. The number of esters is 1. The molecule has 2 bridgehead atoms. The Balaban J connectivity index is 1.63. The molecule has 4 atom stereocenters. The summed E-state index contributed by atoms with van der Waals surface area (Å²) in [5, 5.41) is 0. The Hall–Kier alpha value is -2.69. The summed E-state index contributed by atoms with van der Waals surface area (Å²) in [5.74, 6) is -0.681. The van der Waals surface area contributed by atoms with Gasteiger partial charge in [0.25, 0.3) is 0 Å². The van der Waals surface area contributed by atoms with Crippen LogP contribution in [0, 0.1) is 23.7 Å². The van der Waals surface area contributed by atoms with Crippen molar-refractivity contribution < 1.29 is 19.1 Å². The maximum Gasteiger partial charge on any atom is 0.338 e. The second kappa shape index (κ2) is 5.16. The van der Waals surface area contributed by atoms with Crippen molar-refractivity contribution in [1.82, 2.24) is 0 Å². The molecule has 1 saturated heterocycles. The summed E-state index contributed by atoms with van der Waals surface area (Å²) >= 11 is 0. The quantitative estimate of drug-likeness (QED) is 0.282. The van der Waals surface area contributed by atoms with Crippen LogP contribution in [-0.2, 0) is 14.4 Å². The number of amides is 2. The zero-order chi connectivity index (χ0) is 17.0. The zero-order valence-corrected chi connectivity index (χ0v) is 13.3. The number of ether oxygens (including phenoxy) is 1. The minimum absolute atomic E-state index is 0.148. The highest BCUT2D eigenvalue weighted by molar-refractivity contribution is 6.22. The Labute approximate surface area is 139 Å². The molecule has 0 aromatic heterocycles. The third kappa shape index (κ3) is 2.04. The molecule has 0 spiro atoms. The largest absolute Gasteiger partial charge is 0.423 e. The van der Waals surface area contributed by atoms with Gasteiger partial charge in [-0.3, -0.25) is 9.59 Å². The van der Waals surface area contributed by atoms with E-state index in [1.807, 2.05) is 0 Å². The van der Waals surface area contributed by atoms with Gasteiger partial charge in [0.15, 0.2) is 0 Å². The Morgan fingerprint density at radius 1 is 1.17 bits per heavy atom. The standard InChI is InChI=1S/C19H17NO4/c1-10(2)19(23)24-14-5-3-4-13(9-14)20-17(21)15-11-6-7-12(8-11)16(15)18(20)22/h3-7,9,11-12,15-16H,1,8H2,2H3/t11-,12-,15+,16+/m1/s1. The second-order valence-corrected chi connectivity index (χ2v) is 6.68. The molecule has 5 nitrogen and oxygen atoms in total.